The van der Waals surface area contributed by atoms with Crippen molar-refractivity contribution < 1.29 is 109 Å². The van der Waals surface area contributed by atoms with Gasteiger partial charge in [-0.05, 0) is 80.8 Å². The zero-order valence-corrected chi connectivity index (χ0v) is 46.1. The van der Waals surface area contributed by atoms with E-state index in [1.165, 1.54) is 13.8 Å². The Morgan fingerprint density at radius 3 is 2.23 bits per heavy atom. The van der Waals surface area contributed by atoms with Crippen LogP contribution >= 0.6 is 19.4 Å². The molecule has 0 radical (unpaired) electrons. The largest absolute Gasteiger partial charge is 0.481 e. The zero-order chi connectivity index (χ0) is 61.7. The minimum absolute atomic E-state index is 0.0791. The van der Waals surface area contributed by atoms with Gasteiger partial charge in [0, 0.05) is 52.8 Å². The highest BCUT2D eigenvalue weighted by molar-refractivity contribution is 7.92. The van der Waals surface area contributed by atoms with Crippen molar-refractivity contribution in [2.75, 3.05) is 13.0 Å². The molecule has 2 aliphatic rings. The molecule has 7 rings (SSSR count). The zero-order valence-electron chi connectivity index (χ0n) is 42.7. The summed E-state index contributed by atoms with van der Waals surface area (Å²) in [5, 5.41) is 20.2. The lowest BCUT2D eigenvalue weighted by molar-refractivity contribution is -0.143. The highest BCUT2D eigenvalue weighted by Crippen LogP contribution is 2.68. The molecule has 83 heavy (non-hydrogen) atoms. The summed E-state index contributed by atoms with van der Waals surface area (Å²) >= 11 is 6.65. The number of aliphatic carboxylic acids is 1. The third-order valence-corrected chi connectivity index (χ3v) is 16.5. The minimum atomic E-state index is -5.26. The van der Waals surface area contributed by atoms with Crippen LogP contribution < -0.4 is 10.6 Å². The van der Waals surface area contributed by atoms with Gasteiger partial charge in [0.15, 0.2) is 15.5 Å². The van der Waals surface area contributed by atoms with Gasteiger partial charge in [-0.15, -0.1) is 0 Å². The molecule has 4 atom stereocenters. The molecule has 5 N–H and O–H groups in total. The molecular formula is C47H44ClF10N8O14PS2. The first-order valence-electron chi connectivity index (χ1n) is 23.8. The van der Waals surface area contributed by atoms with E-state index in [1.54, 1.807) is 0 Å². The van der Waals surface area contributed by atoms with Crippen LogP contribution in [-0.4, -0.2) is 114 Å². The fourth-order valence-electron chi connectivity index (χ4n) is 9.06. The standard InChI is InChI=1S/C47H44ClF10N8O14PS2/c1-44(2,83(3,77)78)11-10-25-4-6-27(39(59-25)32(14-22-12-23(49)15-24(50)13-22)61-34(67)19-64-42-37(41(63-64)47(56,57)58)29-17-30(29)46(42,54)55)28-7-8-31(48)38-33(62-65(40(28)38)20-45(51,52)53)18-66(82(75)76)35(68)9-5-26(16-36(69)70)60-43(71)79-21-80-81(72,73)74/h4,6-8,12-13,15,26,29-30,32,82H,5,9,14,16-21H2,1-3H3,(H,60,71)(H,61,67)(H,69,70)(H2,72,73,74)/t26?,29-,30+,32?/m0/s1. The van der Waals surface area contributed by atoms with Crippen molar-refractivity contribution in [2.45, 2.75) is 107 Å². The van der Waals surface area contributed by atoms with E-state index in [0.29, 0.717) is 6.07 Å². The van der Waals surface area contributed by atoms with Crippen LogP contribution in [0.15, 0.2) is 42.5 Å². The molecule has 1 saturated carbocycles. The average molecular weight is 1270 g/mol. The molecule has 22 nitrogen and oxygen atoms in total. The molecule has 1 fully saturated rings. The first-order chi connectivity index (χ1) is 38.2. The fourth-order valence-corrected chi connectivity index (χ4v) is 10.3. The van der Waals surface area contributed by atoms with Gasteiger partial charge in [0.1, 0.15) is 40.9 Å². The number of hydrogen-bond donors (Lipinski definition) is 6. The number of rotatable bonds is 21. The Balaban J connectivity index is 1.36. The summed E-state index contributed by atoms with van der Waals surface area (Å²) in [6, 6.07) is 2.97. The van der Waals surface area contributed by atoms with Gasteiger partial charge < -0.3 is 30.3 Å². The van der Waals surface area contributed by atoms with Crippen LogP contribution in [0.1, 0.15) is 91.1 Å². The maximum atomic E-state index is 15.6. The maximum absolute atomic E-state index is 15.6. The van der Waals surface area contributed by atoms with Gasteiger partial charge in [0.2, 0.25) is 29.5 Å². The van der Waals surface area contributed by atoms with Gasteiger partial charge in [-0.1, -0.05) is 23.6 Å². The monoisotopic (exact) mass is 1260 g/mol. The molecule has 0 aliphatic heterocycles. The number of carbonyl (C=O) groups is 4. The van der Waals surface area contributed by atoms with Crippen LogP contribution in [-0.2, 0) is 87.1 Å². The number of nitrogens with one attached hydrogen (secondary N) is 2. The number of aromatic nitrogens is 5. The second-order valence-electron chi connectivity index (χ2n) is 19.5. The molecule has 0 spiro atoms. The Kier molecular flexibility index (Phi) is 18.1. The quantitative estimate of drug-likeness (QED) is 0.0149. The van der Waals surface area contributed by atoms with E-state index in [4.69, 9.17) is 21.4 Å². The third-order valence-electron chi connectivity index (χ3n) is 13.0. The summed E-state index contributed by atoms with van der Waals surface area (Å²) in [6.45, 7) is -3.46. The molecule has 450 valence electrons. The molecular weight excluding hydrogens is 1220 g/mol. The van der Waals surface area contributed by atoms with Crippen molar-refractivity contribution in [1.82, 2.24) is 39.5 Å². The summed E-state index contributed by atoms with van der Waals surface area (Å²) in [7, 11) is -13.2. The second-order valence-corrected chi connectivity index (χ2v) is 24.6. The number of phosphoric ester groups is 1. The van der Waals surface area contributed by atoms with E-state index in [-0.39, 0.29) is 42.5 Å². The number of carboxylic acid groups (broad SMARTS) is 1. The molecule has 3 aromatic heterocycles. The van der Waals surface area contributed by atoms with Gasteiger partial charge in [0.25, 0.3) is 5.92 Å². The second kappa shape index (κ2) is 23.6. The number of halogens is 11. The number of sulfone groups is 1. The Morgan fingerprint density at radius 2 is 1.64 bits per heavy atom. The number of amides is 3. The van der Waals surface area contributed by atoms with Crippen molar-refractivity contribution in [3.8, 4) is 23.0 Å². The lowest BCUT2D eigenvalue weighted by Crippen LogP contribution is -2.38. The topological polar surface area (TPSA) is 309 Å². The predicted molar refractivity (Wildman–Crippen MR) is 266 cm³/mol. The Hall–Kier alpha value is -6.89. The number of thiol groups is 1. The number of nitrogens with zero attached hydrogens (tertiary/aromatic N) is 6. The first-order valence-corrected chi connectivity index (χ1v) is 28.8. The number of carbonyl (C=O) groups excluding carboxylic acids is 3. The predicted octanol–water partition coefficient (Wildman–Crippen LogP) is 6.56. The van der Waals surface area contributed by atoms with E-state index < -0.39 is 207 Å². The Morgan fingerprint density at radius 1 is 0.988 bits per heavy atom. The van der Waals surface area contributed by atoms with Crippen LogP contribution in [0.5, 0.6) is 0 Å². The average Bonchev–Trinajstić information content (AvgIpc) is 1.54. The molecule has 36 heteroatoms. The number of benzene rings is 2. The van der Waals surface area contributed by atoms with E-state index >= 15 is 8.78 Å². The van der Waals surface area contributed by atoms with Gasteiger partial charge in [0.05, 0.1) is 40.9 Å². The van der Waals surface area contributed by atoms with Gasteiger partial charge >= 0.3 is 32.2 Å². The number of ether oxygens (including phenoxy) is 1. The van der Waals surface area contributed by atoms with E-state index in [2.05, 4.69) is 41.6 Å². The Labute approximate surface area is 468 Å². The molecule has 3 heterocycles. The normalized spacial score (nSPS) is 16.6. The summed E-state index contributed by atoms with van der Waals surface area (Å²) in [6.07, 6.45) is -14.7. The van der Waals surface area contributed by atoms with Crippen LogP contribution in [0.3, 0.4) is 0 Å². The first kappa shape index (κ1) is 63.7. The van der Waals surface area contributed by atoms with Crippen molar-refractivity contribution in [3.05, 3.63) is 98.7 Å². The molecule has 0 saturated heterocycles. The van der Waals surface area contributed by atoms with Crippen LogP contribution in [0, 0.1) is 29.4 Å². The minimum Gasteiger partial charge on any atom is -0.481 e. The third kappa shape index (κ3) is 15.1. The molecule has 3 amide bonds. The Bertz CT molecular complexity index is 3720. The van der Waals surface area contributed by atoms with Gasteiger partial charge in [-0.2, -0.15) is 45.3 Å². The summed E-state index contributed by atoms with van der Waals surface area (Å²) in [5.74, 6) is -8.30. The number of pyridine rings is 1. The highest BCUT2D eigenvalue weighted by Gasteiger charge is 2.68. The highest BCUT2D eigenvalue weighted by atomic mass is 35.5. The fraction of sp³-hybridized carbons (Fsp3) is 0.426. The molecule has 2 unspecified atom stereocenters. The number of fused-ring (bicyclic) bond motifs is 4. The van der Waals surface area contributed by atoms with Gasteiger partial charge in [-0.25, -0.2) is 48.8 Å². The summed E-state index contributed by atoms with van der Waals surface area (Å²) in [4.78, 5) is 73.8. The van der Waals surface area contributed by atoms with Crippen molar-refractivity contribution in [1.29, 1.82) is 0 Å². The lowest BCUT2D eigenvalue weighted by Gasteiger charge is -2.23. The van der Waals surface area contributed by atoms with Crippen LogP contribution in [0.4, 0.5) is 48.7 Å². The molecule has 2 aromatic carbocycles. The summed E-state index contributed by atoms with van der Waals surface area (Å²) in [5.41, 5.74) is -6.81. The maximum Gasteiger partial charge on any atom is 0.472 e. The van der Waals surface area contributed by atoms with E-state index in [0.717, 1.165) is 42.7 Å². The molecule has 5 aromatic rings. The van der Waals surface area contributed by atoms with Crippen LogP contribution in [0.2, 0.25) is 5.02 Å². The SMILES string of the molecule is CC(C)(C#Cc1ccc(-c2ccc(Cl)c3c(CN(C(=O)CCC(CC(=O)O)NC(=O)OCOP(=O)(O)O)[SH](=O)=O)nn(CC(F)(F)F)c23)c(C(Cc2cc(F)cc(F)c2)NC(=O)Cn2nc(C(F)(F)F)c3c2C(F)(F)[C@@H]2C[C@H]32)n1)S(C)(=O)=O. The van der Waals surface area contributed by atoms with Crippen molar-refractivity contribution in [3.63, 3.8) is 0 Å². The summed E-state index contributed by atoms with van der Waals surface area (Å²) < 4.78 is 217. The lowest BCUT2D eigenvalue weighted by atomic mass is 9.93. The van der Waals surface area contributed by atoms with Crippen molar-refractivity contribution >= 4 is 74.9 Å². The van der Waals surface area contributed by atoms with Crippen molar-refractivity contribution in [2.24, 2.45) is 5.92 Å². The number of carboxylic acids is 1. The van der Waals surface area contributed by atoms with Crippen LogP contribution in [0.25, 0.3) is 22.0 Å². The van der Waals surface area contributed by atoms with E-state index in [9.17, 15) is 80.8 Å². The number of alkyl carbamates (subject to hydrolysis) is 1. The van der Waals surface area contributed by atoms with Gasteiger partial charge in [-0.3, -0.25) is 23.7 Å². The number of phosphoric acid groups is 1. The number of alkyl halides is 8. The smallest absolute Gasteiger partial charge is 0.472 e. The molecule has 0 bridgehead atoms. The molecule has 2 aliphatic carbocycles. The number of hydrogen-bond acceptors (Lipinski definition) is 14. The van der Waals surface area contributed by atoms with E-state index in [1.807, 2.05) is 5.32 Å².